The summed E-state index contributed by atoms with van der Waals surface area (Å²) in [6.07, 6.45) is 0.798. The highest BCUT2D eigenvalue weighted by molar-refractivity contribution is 14.0. The van der Waals surface area contributed by atoms with Crippen molar-refractivity contribution >= 4 is 47.2 Å². The van der Waals surface area contributed by atoms with Crippen molar-refractivity contribution in [2.75, 3.05) is 27.7 Å². The maximum absolute atomic E-state index is 11.9. The first-order chi connectivity index (χ1) is 13.0. The molecule has 0 fully saturated rings. The molecule has 0 aliphatic rings. The molecule has 1 amide bonds. The standard InChI is InChI=1S/C18H28N6O2S.HI/c1-6-15-14(17(26-5)24(4)22-15)11-20-18(21-12-16(25)23(2)3)19-10-13-8-7-9-27-13;/h7-9H,6,10-12H2,1-5H3,(H2,19,20,21);1H. The normalized spacial score (nSPS) is 11.0. The number of rotatable bonds is 8. The second kappa shape index (κ2) is 11.9. The maximum atomic E-state index is 11.9. The third-order valence-corrected chi connectivity index (χ3v) is 4.89. The summed E-state index contributed by atoms with van der Waals surface area (Å²) < 4.78 is 7.20. The van der Waals surface area contributed by atoms with Crippen molar-refractivity contribution in [1.82, 2.24) is 25.3 Å². The molecule has 2 heterocycles. The molecule has 0 aliphatic heterocycles. The smallest absolute Gasteiger partial charge is 0.241 e. The van der Waals surface area contributed by atoms with Gasteiger partial charge in [-0.1, -0.05) is 13.0 Å². The summed E-state index contributed by atoms with van der Waals surface area (Å²) in [6, 6.07) is 4.06. The van der Waals surface area contributed by atoms with E-state index in [1.807, 2.05) is 18.5 Å². The summed E-state index contributed by atoms with van der Waals surface area (Å²) in [5.41, 5.74) is 1.92. The molecule has 0 saturated carbocycles. The van der Waals surface area contributed by atoms with E-state index in [0.29, 0.717) is 24.9 Å². The molecule has 2 N–H and O–H groups in total. The molecule has 0 radical (unpaired) electrons. The number of likely N-dealkylation sites (N-methyl/N-ethyl adjacent to an activating group) is 1. The Balaban J connectivity index is 0.00000392. The number of hydrogen-bond donors (Lipinski definition) is 2. The van der Waals surface area contributed by atoms with E-state index in [1.54, 1.807) is 42.1 Å². The molecule has 0 aromatic carbocycles. The van der Waals surface area contributed by atoms with E-state index in [4.69, 9.17) is 4.74 Å². The topological polar surface area (TPSA) is 83.8 Å². The zero-order chi connectivity index (χ0) is 19.8. The van der Waals surface area contributed by atoms with Crippen molar-refractivity contribution in [3.63, 3.8) is 0 Å². The van der Waals surface area contributed by atoms with Gasteiger partial charge in [0.2, 0.25) is 11.8 Å². The third kappa shape index (κ3) is 6.66. The Labute approximate surface area is 187 Å². The monoisotopic (exact) mass is 520 g/mol. The summed E-state index contributed by atoms with van der Waals surface area (Å²) in [4.78, 5) is 19.3. The second-order valence-corrected chi connectivity index (χ2v) is 7.18. The Kier molecular flexibility index (Phi) is 10.3. The fraction of sp³-hybridized carbons (Fsp3) is 0.500. The SMILES string of the molecule is CCc1nn(C)c(OC)c1CN=C(NCC(=O)N(C)C)NCc1cccs1.I. The Morgan fingerprint density at radius 1 is 1.39 bits per heavy atom. The lowest BCUT2D eigenvalue weighted by Crippen LogP contribution is -2.42. The molecule has 10 heteroatoms. The van der Waals surface area contributed by atoms with Crippen molar-refractivity contribution in [2.24, 2.45) is 12.0 Å². The van der Waals surface area contributed by atoms with Gasteiger partial charge in [-0.05, 0) is 17.9 Å². The average Bonchev–Trinajstić information content (AvgIpc) is 3.27. The molecule has 28 heavy (non-hydrogen) atoms. The third-order valence-electron chi connectivity index (χ3n) is 4.01. The first-order valence-corrected chi connectivity index (χ1v) is 9.67. The van der Waals surface area contributed by atoms with Crippen LogP contribution < -0.4 is 15.4 Å². The number of halogens is 1. The van der Waals surface area contributed by atoms with Crippen LogP contribution in [0, 0.1) is 0 Å². The van der Waals surface area contributed by atoms with E-state index in [0.717, 1.165) is 17.7 Å². The van der Waals surface area contributed by atoms with Crippen LogP contribution >= 0.6 is 35.3 Å². The summed E-state index contributed by atoms with van der Waals surface area (Å²) in [5, 5.41) is 12.9. The number of aryl methyl sites for hydroxylation is 2. The van der Waals surface area contributed by atoms with Crippen molar-refractivity contribution in [1.29, 1.82) is 0 Å². The lowest BCUT2D eigenvalue weighted by atomic mass is 10.2. The molecule has 0 unspecified atom stereocenters. The lowest BCUT2D eigenvalue weighted by Gasteiger charge is -2.15. The molecule has 2 aromatic rings. The van der Waals surface area contributed by atoms with E-state index in [2.05, 4.69) is 33.7 Å². The number of aromatic nitrogens is 2. The van der Waals surface area contributed by atoms with E-state index in [-0.39, 0.29) is 36.4 Å². The van der Waals surface area contributed by atoms with Crippen LogP contribution in [0.5, 0.6) is 5.88 Å². The number of carbonyl (C=O) groups excluding carboxylic acids is 1. The molecule has 2 rings (SSSR count). The van der Waals surface area contributed by atoms with E-state index >= 15 is 0 Å². The molecule has 156 valence electrons. The van der Waals surface area contributed by atoms with Crippen molar-refractivity contribution in [2.45, 2.75) is 26.4 Å². The van der Waals surface area contributed by atoms with Gasteiger partial charge in [-0.15, -0.1) is 35.3 Å². The van der Waals surface area contributed by atoms with Crippen LogP contribution in [0.1, 0.15) is 23.1 Å². The predicted octanol–water partition coefficient (Wildman–Crippen LogP) is 1.99. The Bertz CT molecular complexity index is 773. The molecule has 0 bridgehead atoms. The van der Waals surface area contributed by atoms with Gasteiger partial charge in [-0.2, -0.15) is 5.10 Å². The largest absolute Gasteiger partial charge is 0.481 e. The predicted molar refractivity (Wildman–Crippen MR) is 124 cm³/mol. The molecule has 0 spiro atoms. The van der Waals surface area contributed by atoms with Gasteiger partial charge in [0.1, 0.15) is 0 Å². The van der Waals surface area contributed by atoms with Gasteiger partial charge in [0.25, 0.3) is 0 Å². The zero-order valence-corrected chi connectivity index (χ0v) is 20.1. The number of nitrogens with one attached hydrogen (secondary N) is 2. The number of guanidine groups is 1. The van der Waals surface area contributed by atoms with Crippen molar-refractivity contribution in [3.8, 4) is 5.88 Å². The minimum atomic E-state index is -0.0196. The molecule has 8 nitrogen and oxygen atoms in total. The minimum absolute atomic E-state index is 0. The molecule has 0 atom stereocenters. The minimum Gasteiger partial charge on any atom is -0.481 e. The summed E-state index contributed by atoms with van der Waals surface area (Å²) in [7, 11) is 6.95. The molecular weight excluding hydrogens is 491 g/mol. The Morgan fingerprint density at radius 2 is 2.14 bits per heavy atom. The maximum Gasteiger partial charge on any atom is 0.241 e. The van der Waals surface area contributed by atoms with Crippen LogP contribution in [-0.2, 0) is 31.4 Å². The summed E-state index contributed by atoms with van der Waals surface area (Å²) in [6.45, 7) is 3.29. The number of aliphatic imine (C=N–C) groups is 1. The number of carbonyl (C=O) groups is 1. The van der Waals surface area contributed by atoms with E-state index < -0.39 is 0 Å². The van der Waals surface area contributed by atoms with E-state index in [9.17, 15) is 4.79 Å². The second-order valence-electron chi connectivity index (χ2n) is 6.15. The molecule has 0 saturated heterocycles. The highest BCUT2D eigenvalue weighted by Gasteiger charge is 2.15. The summed E-state index contributed by atoms with van der Waals surface area (Å²) >= 11 is 1.67. The average molecular weight is 520 g/mol. The van der Waals surface area contributed by atoms with E-state index in [1.165, 1.54) is 4.88 Å². The number of methoxy groups -OCH3 is 1. The Morgan fingerprint density at radius 3 is 2.71 bits per heavy atom. The number of hydrogen-bond acceptors (Lipinski definition) is 5. The molecule has 2 aromatic heterocycles. The fourth-order valence-corrected chi connectivity index (χ4v) is 3.18. The van der Waals surface area contributed by atoms with Gasteiger partial charge < -0.3 is 20.3 Å². The van der Waals surface area contributed by atoms with Crippen LogP contribution in [0.3, 0.4) is 0 Å². The summed E-state index contributed by atoms with van der Waals surface area (Å²) in [5.74, 6) is 1.26. The fourth-order valence-electron chi connectivity index (χ4n) is 2.54. The highest BCUT2D eigenvalue weighted by Crippen LogP contribution is 2.22. The number of ether oxygens (including phenoxy) is 1. The van der Waals surface area contributed by atoms with Crippen LogP contribution in [-0.4, -0.2) is 54.3 Å². The van der Waals surface area contributed by atoms with Crippen molar-refractivity contribution < 1.29 is 9.53 Å². The van der Waals surface area contributed by atoms with Gasteiger partial charge in [0.15, 0.2) is 5.96 Å². The van der Waals surface area contributed by atoms with Crippen LogP contribution in [0.2, 0.25) is 0 Å². The first-order valence-electron chi connectivity index (χ1n) is 8.79. The lowest BCUT2D eigenvalue weighted by molar-refractivity contribution is -0.127. The van der Waals surface area contributed by atoms with Gasteiger partial charge in [-0.3, -0.25) is 4.79 Å². The van der Waals surface area contributed by atoms with Gasteiger partial charge in [0, 0.05) is 26.0 Å². The highest BCUT2D eigenvalue weighted by atomic mass is 127. The first kappa shape index (κ1) is 24.2. The quantitative estimate of drug-likeness (QED) is 0.316. The molecule has 0 aliphatic carbocycles. The van der Waals surface area contributed by atoms with Crippen molar-refractivity contribution in [3.05, 3.63) is 33.6 Å². The Hall–Kier alpha value is -1.82. The van der Waals surface area contributed by atoms with Gasteiger partial charge >= 0.3 is 0 Å². The van der Waals surface area contributed by atoms with Gasteiger partial charge in [0.05, 0.1) is 38.0 Å². The zero-order valence-electron chi connectivity index (χ0n) is 17.0. The number of amides is 1. The van der Waals surface area contributed by atoms with Gasteiger partial charge in [-0.25, -0.2) is 9.67 Å². The molecular formula is C18H29IN6O2S. The van der Waals surface area contributed by atoms with Crippen LogP contribution in [0.25, 0.3) is 0 Å². The number of thiophene rings is 1. The number of nitrogens with zero attached hydrogens (tertiary/aromatic N) is 4. The van der Waals surface area contributed by atoms with Crippen LogP contribution in [0.15, 0.2) is 22.5 Å². The van der Waals surface area contributed by atoms with Crippen LogP contribution in [0.4, 0.5) is 0 Å².